The standard InChI is InChI=1S/C49H61F3N2O4/c1-30(31-10-7-6-8-11-31)53-42(57)54(28-33-14-15-34-25-37(33)43(34,2)3)29-47(58)21-18-40-45(47,5)20-17-39-44(4)19-16-36(55)26-46(44)22-23-48(39,40)38(27-46)41(56)32-12-9-13-35(24-32)49(50,51)52/h6-13,22-24,27,30,33-34,36-37,39-40,55,58H,14-21,25-26,28-29H2,1-5H3,(H,53,57)/t30-,33+,34+,36?,37+,39-,40-,44-,45+,46+,47-,48-/m1/s1. The third kappa shape index (κ3) is 5.63. The number of amides is 2. The molecule has 12 atom stereocenters. The molecule has 2 spiro atoms. The molecule has 9 aliphatic rings. The van der Waals surface area contributed by atoms with Crippen LogP contribution in [0.3, 0.4) is 0 Å². The van der Waals surface area contributed by atoms with E-state index in [1.807, 2.05) is 48.2 Å². The number of aliphatic hydroxyl groups excluding tert-OH is 1. The van der Waals surface area contributed by atoms with Crippen molar-refractivity contribution in [3.05, 3.63) is 95.1 Å². The Balaban J connectivity index is 1.09. The molecule has 9 heteroatoms. The normalized spacial score (nSPS) is 41.0. The minimum absolute atomic E-state index is 0.00479. The molecular weight excluding hydrogens is 738 g/mol. The van der Waals surface area contributed by atoms with Crippen molar-refractivity contribution in [3.8, 4) is 0 Å². The highest BCUT2D eigenvalue weighted by Gasteiger charge is 2.74. The molecule has 6 fully saturated rings. The molecule has 3 N–H and O–H groups in total. The van der Waals surface area contributed by atoms with Crippen LogP contribution in [-0.4, -0.2) is 51.7 Å². The summed E-state index contributed by atoms with van der Waals surface area (Å²) < 4.78 is 42.1. The average Bonchev–Trinajstić information content (AvgIpc) is 3.46. The molecule has 11 rings (SSSR count). The van der Waals surface area contributed by atoms with Crippen LogP contribution in [0, 0.1) is 56.7 Å². The van der Waals surface area contributed by atoms with E-state index in [2.05, 4.69) is 45.2 Å². The zero-order valence-corrected chi connectivity index (χ0v) is 34.7. The van der Waals surface area contributed by atoms with Crippen LogP contribution in [0.5, 0.6) is 0 Å². The number of urea groups is 1. The summed E-state index contributed by atoms with van der Waals surface area (Å²) in [7, 11) is 0. The quantitative estimate of drug-likeness (QED) is 0.183. The van der Waals surface area contributed by atoms with Gasteiger partial charge in [-0.1, -0.05) is 88.4 Å². The summed E-state index contributed by atoms with van der Waals surface area (Å²) in [6.07, 6.45) is 9.05. The molecule has 312 valence electrons. The lowest BCUT2D eigenvalue weighted by molar-refractivity contribution is -0.176. The first-order chi connectivity index (χ1) is 27.3. The molecule has 9 aliphatic carbocycles. The van der Waals surface area contributed by atoms with Crippen LogP contribution in [0.25, 0.3) is 0 Å². The summed E-state index contributed by atoms with van der Waals surface area (Å²) in [5.41, 5.74) is -2.80. The lowest BCUT2D eigenvalue weighted by atomic mass is 9.32. The van der Waals surface area contributed by atoms with Crippen molar-refractivity contribution in [1.29, 1.82) is 0 Å². The van der Waals surface area contributed by atoms with Gasteiger partial charge >= 0.3 is 12.2 Å². The number of alkyl halides is 3. The molecule has 6 saturated carbocycles. The van der Waals surface area contributed by atoms with Crippen molar-refractivity contribution in [3.63, 3.8) is 0 Å². The van der Waals surface area contributed by atoms with Crippen LogP contribution in [0.1, 0.15) is 126 Å². The third-order valence-corrected chi connectivity index (χ3v) is 18.2. The Labute approximate surface area is 341 Å². The summed E-state index contributed by atoms with van der Waals surface area (Å²) >= 11 is 0. The summed E-state index contributed by atoms with van der Waals surface area (Å²) in [6.45, 7) is 11.9. The number of carbonyl (C=O) groups excluding carboxylic acids is 2. The van der Waals surface area contributed by atoms with Crippen molar-refractivity contribution < 1.29 is 33.0 Å². The van der Waals surface area contributed by atoms with Gasteiger partial charge < -0.3 is 20.4 Å². The molecule has 2 aromatic carbocycles. The topological polar surface area (TPSA) is 89.9 Å². The molecule has 0 radical (unpaired) electrons. The molecule has 6 nitrogen and oxygen atoms in total. The summed E-state index contributed by atoms with van der Waals surface area (Å²) in [4.78, 5) is 31.5. The van der Waals surface area contributed by atoms with E-state index in [-0.39, 0.29) is 46.8 Å². The number of fused-ring (bicyclic) bond motifs is 3. The number of nitrogens with one attached hydrogen (secondary N) is 1. The summed E-state index contributed by atoms with van der Waals surface area (Å²) in [5.74, 6) is 0.955. The van der Waals surface area contributed by atoms with Crippen molar-refractivity contribution in [2.24, 2.45) is 56.7 Å². The van der Waals surface area contributed by atoms with Crippen molar-refractivity contribution in [1.82, 2.24) is 10.2 Å². The van der Waals surface area contributed by atoms with Crippen LogP contribution >= 0.6 is 0 Å². The van der Waals surface area contributed by atoms with Crippen molar-refractivity contribution in [2.45, 2.75) is 123 Å². The first-order valence-corrected chi connectivity index (χ1v) is 21.9. The molecule has 0 aliphatic heterocycles. The molecule has 58 heavy (non-hydrogen) atoms. The number of halogens is 3. The number of rotatable bonds is 8. The molecule has 2 amide bonds. The van der Waals surface area contributed by atoms with Crippen molar-refractivity contribution >= 4 is 11.8 Å². The summed E-state index contributed by atoms with van der Waals surface area (Å²) in [6, 6.07) is 14.3. The number of benzene rings is 2. The maximum atomic E-state index is 15.0. The van der Waals surface area contributed by atoms with Gasteiger partial charge in [-0.2, -0.15) is 13.2 Å². The Morgan fingerprint density at radius 2 is 1.60 bits per heavy atom. The maximum Gasteiger partial charge on any atom is 0.416 e. The number of nitrogens with zero attached hydrogens (tertiary/aromatic N) is 1. The smallest absolute Gasteiger partial charge is 0.393 e. The molecular formula is C49H61F3N2O4. The third-order valence-electron chi connectivity index (χ3n) is 18.2. The van der Waals surface area contributed by atoms with Crippen LogP contribution in [-0.2, 0) is 6.18 Å². The van der Waals surface area contributed by atoms with Crippen LogP contribution in [0.4, 0.5) is 18.0 Å². The molecule has 4 bridgehead atoms. The van der Waals surface area contributed by atoms with Gasteiger partial charge in [-0.15, -0.1) is 0 Å². The van der Waals surface area contributed by atoms with E-state index in [0.717, 1.165) is 49.3 Å². The first-order valence-electron chi connectivity index (χ1n) is 21.9. The fourth-order valence-corrected chi connectivity index (χ4v) is 14.7. The van der Waals surface area contributed by atoms with Gasteiger partial charge in [-0.3, -0.25) is 4.79 Å². The predicted octanol–water partition coefficient (Wildman–Crippen LogP) is 10.3. The lowest BCUT2D eigenvalue weighted by Gasteiger charge is -2.71. The second-order valence-corrected chi connectivity index (χ2v) is 20.9. The fourth-order valence-electron chi connectivity index (χ4n) is 14.7. The number of carbonyl (C=O) groups is 2. The largest absolute Gasteiger partial charge is 0.416 e. The Morgan fingerprint density at radius 1 is 0.897 bits per heavy atom. The molecule has 0 saturated heterocycles. The number of hydrogen-bond donors (Lipinski definition) is 3. The highest BCUT2D eigenvalue weighted by Crippen LogP contribution is 2.78. The van der Waals surface area contributed by atoms with E-state index in [9.17, 15) is 33.0 Å². The number of allylic oxidation sites excluding steroid dienone is 4. The van der Waals surface area contributed by atoms with Gasteiger partial charge in [0, 0.05) is 33.9 Å². The molecule has 2 aromatic rings. The van der Waals surface area contributed by atoms with Gasteiger partial charge in [0.2, 0.25) is 0 Å². The second kappa shape index (κ2) is 13.3. The second-order valence-electron chi connectivity index (χ2n) is 20.9. The van der Waals surface area contributed by atoms with Gasteiger partial charge in [0.1, 0.15) is 0 Å². The Morgan fingerprint density at radius 3 is 2.31 bits per heavy atom. The number of aliphatic hydroxyl groups is 2. The SMILES string of the molecule is C[C@@H](NC(=O)N(C[C@@H]1CC[C@H]2C[C@@H]1C2(C)C)C[C@]1(O)CC[C@H]2[C@]34C=C[C@@]5(C=C3C(=O)c3cccc(C(F)(F)F)c3)CC(O)CC[C@]5(C)[C@H]4CC[C@@]21C)c1ccccc1. The van der Waals surface area contributed by atoms with Gasteiger partial charge in [-0.25, -0.2) is 4.79 Å². The van der Waals surface area contributed by atoms with Gasteiger partial charge in [0.15, 0.2) is 5.78 Å². The van der Waals surface area contributed by atoms with E-state index in [1.165, 1.54) is 18.6 Å². The molecule has 1 unspecified atom stereocenters. The number of ketones is 1. The summed E-state index contributed by atoms with van der Waals surface area (Å²) in [5, 5.41) is 27.7. The van der Waals surface area contributed by atoms with Gasteiger partial charge in [0.05, 0.1) is 29.9 Å². The zero-order chi connectivity index (χ0) is 41.3. The highest BCUT2D eigenvalue weighted by molar-refractivity contribution is 6.10. The van der Waals surface area contributed by atoms with Gasteiger partial charge in [-0.05, 0) is 129 Å². The Hall–Kier alpha value is -3.43. The minimum Gasteiger partial charge on any atom is -0.393 e. The lowest BCUT2D eigenvalue weighted by Crippen LogP contribution is -2.67. The zero-order valence-electron chi connectivity index (χ0n) is 34.7. The Bertz CT molecular complexity index is 2050. The van der Waals surface area contributed by atoms with Gasteiger partial charge in [0.25, 0.3) is 0 Å². The van der Waals surface area contributed by atoms with Crippen LogP contribution in [0.2, 0.25) is 0 Å². The monoisotopic (exact) mass is 798 g/mol. The molecule has 0 aromatic heterocycles. The molecule has 0 heterocycles. The maximum absolute atomic E-state index is 15.0. The van der Waals surface area contributed by atoms with E-state index in [0.29, 0.717) is 56.1 Å². The minimum atomic E-state index is -4.60. The highest BCUT2D eigenvalue weighted by atomic mass is 19.4. The number of Topliss-reactive ketones (excluding diaryl/α,β-unsaturated/α-hetero) is 1. The van der Waals surface area contributed by atoms with E-state index < -0.39 is 45.5 Å². The van der Waals surface area contributed by atoms with Crippen molar-refractivity contribution in [2.75, 3.05) is 13.1 Å². The average molecular weight is 799 g/mol. The van der Waals surface area contributed by atoms with Crippen LogP contribution in [0.15, 0.2) is 78.4 Å². The van der Waals surface area contributed by atoms with Crippen LogP contribution < -0.4 is 5.32 Å². The predicted molar refractivity (Wildman–Crippen MR) is 217 cm³/mol. The van der Waals surface area contributed by atoms with E-state index >= 15 is 0 Å². The Kier molecular flexibility index (Phi) is 9.16. The van der Waals surface area contributed by atoms with E-state index in [1.54, 1.807) is 0 Å². The van der Waals surface area contributed by atoms with E-state index in [4.69, 9.17) is 0 Å². The fraction of sp³-hybridized carbons (Fsp3) is 0.633. The number of hydrogen-bond acceptors (Lipinski definition) is 4. The first kappa shape index (κ1) is 40.0.